The quantitative estimate of drug-likeness (QED) is 0.112. The Labute approximate surface area is 343 Å². The van der Waals surface area contributed by atoms with Gasteiger partial charge in [-0.2, -0.15) is 0 Å². The molecule has 3 N–H and O–H groups in total. The minimum absolute atomic E-state index is 0.0556. The van der Waals surface area contributed by atoms with E-state index < -0.39 is 34.8 Å². The van der Waals surface area contributed by atoms with Crippen LogP contribution in [0.1, 0.15) is 68.2 Å². The number of nitrogens with zero attached hydrogens (tertiary/aromatic N) is 4. The number of methoxy groups -OCH3 is 4. The maximum atomic E-state index is 12.4. The first-order valence-corrected chi connectivity index (χ1v) is 19.6. The first kappa shape index (κ1) is 52.4. The second-order valence-corrected chi connectivity index (χ2v) is 16.3. The predicted octanol–water partition coefficient (Wildman–Crippen LogP) is -0.985. The van der Waals surface area contributed by atoms with E-state index in [1.165, 1.54) is 42.3 Å². The number of aliphatic hydroxyl groups excluding tert-OH is 1. The summed E-state index contributed by atoms with van der Waals surface area (Å²) in [5.41, 5.74) is -2.22. The molecule has 2 rings (SSSR count). The fourth-order valence-electron chi connectivity index (χ4n) is 6.86. The number of rotatable bonds is 18. The summed E-state index contributed by atoms with van der Waals surface area (Å²) >= 11 is 0. The van der Waals surface area contributed by atoms with Crippen molar-refractivity contribution in [3.63, 3.8) is 0 Å². The lowest BCUT2D eigenvalue weighted by molar-refractivity contribution is -0.155. The van der Waals surface area contributed by atoms with E-state index in [0.717, 1.165) is 0 Å². The summed E-state index contributed by atoms with van der Waals surface area (Å²) in [4.78, 5) is 91.4. The third kappa shape index (κ3) is 18.1. The van der Waals surface area contributed by atoms with Crippen LogP contribution >= 0.6 is 0 Å². The fourth-order valence-corrected chi connectivity index (χ4v) is 6.86. The van der Waals surface area contributed by atoms with E-state index in [1.807, 2.05) is 19.6 Å². The van der Waals surface area contributed by atoms with Gasteiger partial charge in [-0.05, 0) is 61.8 Å². The minimum Gasteiger partial charge on any atom is -0.468 e. The van der Waals surface area contributed by atoms with Gasteiger partial charge < -0.3 is 34.1 Å². The van der Waals surface area contributed by atoms with Crippen molar-refractivity contribution in [3.05, 3.63) is 0 Å². The molecule has 2 aliphatic rings. The van der Waals surface area contributed by atoms with Gasteiger partial charge in [0.1, 0.15) is 29.3 Å². The number of carbonyl (C=O) groups is 7. The van der Waals surface area contributed by atoms with Crippen LogP contribution in [0, 0.1) is 0 Å². The van der Waals surface area contributed by atoms with E-state index in [1.54, 1.807) is 41.5 Å². The Hall–Kier alpha value is -3.59. The summed E-state index contributed by atoms with van der Waals surface area (Å²) in [6.07, 6.45) is 0.491. The molecule has 4 atom stereocenters. The molecule has 58 heavy (non-hydrogen) atoms. The van der Waals surface area contributed by atoms with E-state index in [4.69, 9.17) is 23.7 Å². The van der Waals surface area contributed by atoms with Gasteiger partial charge in [-0.25, -0.2) is 0 Å². The van der Waals surface area contributed by atoms with Gasteiger partial charge in [-0.1, -0.05) is 0 Å². The van der Waals surface area contributed by atoms with Crippen molar-refractivity contribution in [2.45, 2.75) is 103 Å². The second kappa shape index (κ2) is 24.5. The number of Topliss-reactive ketones (excluding diaryl/α,β-unsaturated/α-hetero) is 2. The molecular weight excluding hydrogens is 760 g/mol. The SMILES string of the molecule is COC(=O)CN1CCN(CC(=O)OC)CC(CCC(=O)OC(C)(C)C)(NCC(C)=O)C1.COC(=O)[C@@H](C)N1CCN([C@@H](C)C(=O)OC)CC(CO)(N[C@H](C)C(C)=O)C1. The smallest absolute Gasteiger partial charge is 0.322 e. The van der Waals surface area contributed by atoms with Crippen LogP contribution in [0.4, 0.5) is 0 Å². The molecule has 0 bridgehead atoms. The minimum atomic E-state index is -0.897. The number of hydrogen-bond acceptors (Lipinski definition) is 19. The largest absolute Gasteiger partial charge is 0.468 e. The van der Waals surface area contributed by atoms with Crippen molar-refractivity contribution in [1.29, 1.82) is 0 Å². The van der Waals surface area contributed by atoms with Gasteiger partial charge in [0.05, 0.1) is 66.3 Å². The van der Waals surface area contributed by atoms with Crippen LogP contribution in [-0.4, -0.2) is 208 Å². The Kier molecular flexibility index (Phi) is 22.1. The van der Waals surface area contributed by atoms with Gasteiger partial charge in [0, 0.05) is 64.3 Å². The molecule has 2 saturated heterocycles. The number of ketones is 2. The van der Waals surface area contributed by atoms with Crippen LogP contribution in [0.5, 0.6) is 0 Å². The van der Waals surface area contributed by atoms with Crippen LogP contribution < -0.4 is 10.6 Å². The number of hydrogen-bond donors (Lipinski definition) is 3. The van der Waals surface area contributed by atoms with Crippen LogP contribution in [0.2, 0.25) is 0 Å². The topological polar surface area (TPSA) is 223 Å². The summed E-state index contributed by atoms with van der Waals surface area (Å²) < 4.78 is 24.8. The maximum Gasteiger partial charge on any atom is 0.322 e. The van der Waals surface area contributed by atoms with Crippen molar-refractivity contribution in [1.82, 2.24) is 30.2 Å². The standard InChI is InChI=1S/C21H37N3O7.C18H33N3O6/c1-16(25)11-22-21(8-7-17(26)31-20(2,3)4)14-23(12-18(27)29-5)9-10-24(15-21)13-19(28)30-6;1-12(15(4)23)19-18(11-22)9-20(13(2)16(24)26-5)7-8-21(10-18)14(3)17(25)27-6/h22H,7-15H2,1-6H3;12-14,19,22H,7-11H2,1-6H3/t;12-,13-,14+,18?/m.1/s1. The molecule has 334 valence electrons. The molecular formula is C39H70N6O13. The van der Waals surface area contributed by atoms with Crippen LogP contribution in [0.15, 0.2) is 0 Å². The average molecular weight is 831 g/mol. The molecule has 19 nitrogen and oxygen atoms in total. The average Bonchev–Trinajstić information content (AvgIpc) is 3.46. The van der Waals surface area contributed by atoms with Gasteiger partial charge in [0.2, 0.25) is 0 Å². The molecule has 0 aromatic carbocycles. The molecule has 0 saturated carbocycles. The van der Waals surface area contributed by atoms with Crippen LogP contribution in [0.25, 0.3) is 0 Å². The zero-order valence-electron chi connectivity index (χ0n) is 36.8. The van der Waals surface area contributed by atoms with E-state index in [0.29, 0.717) is 58.8 Å². The van der Waals surface area contributed by atoms with E-state index in [9.17, 15) is 38.7 Å². The van der Waals surface area contributed by atoms with Crippen molar-refractivity contribution in [3.8, 4) is 0 Å². The summed E-state index contributed by atoms with van der Waals surface area (Å²) in [6, 6.07) is -1.53. The summed E-state index contributed by atoms with van der Waals surface area (Å²) in [5.74, 6) is -1.98. The lowest BCUT2D eigenvalue weighted by atomic mass is 9.91. The zero-order chi connectivity index (χ0) is 44.4. The third-order valence-electron chi connectivity index (χ3n) is 10.2. The van der Waals surface area contributed by atoms with Crippen LogP contribution in [-0.2, 0) is 57.2 Å². The summed E-state index contributed by atoms with van der Waals surface area (Å²) in [5, 5.41) is 16.7. The number of esters is 5. The number of nitrogens with one attached hydrogen (secondary N) is 2. The van der Waals surface area contributed by atoms with Gasteiger partial charge in [-0.3, -0.25) is 58.5 Å². The van der Waals surface area contributed by atoms with E-state index in [-0.39, 0.29) is 74.1 Å². The first-order valence-electron chi connectivity index (χ1n) is 19.6. The van der Waals surface area contributed by atoms with Crippen molar-refractivity contribution in [2.24, 2.45) is 0 Å². The van der Waals surface area contributed by atoms with Crippen LogP contribution in [0.3, 0.4) is 0 Å². The summed E-state index contributed by atoms with van der Waals surface area (Å²) in [7, 11) is 5.32. The van der Waals surface area contributed by atoms with Gasteiger partial charge in [-0.15, -0.1) is 0 Å². The first-order chi connectivity index (χ1) is 27.0. The molecule has 0 aliphatic carbocycles. The molecule has 2 fully saturated rings. The Balaban J connectivity index is 0.000000586. The number of ether oxygens (including phenoxy) is 5. The zero-order valence-corrected chi connectivity index (χ0v) is 36.8. The molecule has 1 unspecified atom stereocenters. The van der Waals surface area contributed by atoms with E-state index in [2.05, 4.69) is 10.6 Å². The van der Waals surface area contributed by atoms with Crippen molar-refractivity contribution < 1.29 is 62.4 Å². The van der Waals surface area contributed by atoms with Gasteiger partial charge in [0.25, 0.3) is 0 Å². The highest BCUT2D eigenvalue weighted by molar-refractivity contribution is 5.81. The van der Waals surface area contributed by atoms with Gasteiger partial charge >= 0.3 is 29.8 Å². The van der Waals surface area contributed by atoms with Crippen molar-refractivity contribution in [2.75, 3.05) is 107 Å². The third-order valence-corrected chi connectivity index (χ3v) is 10.2. The van der Waals surface area contributed by atoms with Crippen molar-refractivity contribution >= 4 is 41.4 Å². The lowest BCUT2D eigenvalue weighted by Gasteiger charge is -2.40. The summed E-state index contributed by atoms with van der Waals surface area (Å²) in [6.45, 7) is 17.0. The molecule has 0 spiro atoms. The van der Waals surface area contributed by atoms with Gasteiger partial charge in [0.15, 0.2) is 0 Å². The second-order valence-electron chi connectivity index (χ2n) is 16.3. The molecule has 0 radical (unpaired) electrons. The predicted molar refractivity (Wildman–Crippen MR) is 213 cm³/mol. The number of carbonyl (C=O) groups excluding carboxylic acids is 7. The molecule has 0 aromatic heterocycles. The van der Waals surface area contributed by atoms with E-state index >= 15 is 0 Å². The normalized spacial score (nSPS) is 21.1. The lowest BCUT2D eigenvalue weighted by Crippen LogP contribution is -2.65. The molecule has 2 heterocycles. The maximum absolute atomic E-state index is 12.4. The highest BCUT2D eigenvalue weighted by atomic mass is 16.6. The molecule has 19 heteroatoms. The monoisotopic (exact) mass is 831 g/mol. The molecule has 2 aliphatic heterocycles. The Morgan fingerprint density at radius 2 is 1.12 bits per heavy atom. The number of aliphatic hydroxyl groups is 1. The highest BCUT2D eigenvalue weighted by Crippen LogP contribution is 2.23. The highest BCUT2D eigenvalue weighted by Gasteiger charge is 2.43. The molecule has 0 aromatic rings. The molecule has 0 amide bonds. The fraction of sp³-hybridized carbons (Fsp3) is 0.821. The Morgan fingerprint density at radius 3 is 1.47 bits per heavy atom. The Morgan fingerprint density at radius 1 is 0.672 bits per heavy atom. The Bertz CT molecular complexity index is 1330.